The summed E-state index contributed by atoms with van der Waals surface area (Å²) in [5.74, 6) is 35.8. The predicted molar refractivity (Wildman–Crippen MR) is 441 cm³/mol. The van der Waals surface area contributed by atoms with Crippen LogP contribution in [-0.2, 0) is 11.8 Å². The molecule has 0 N–H and O–H groups in total. The van der Waals surface area contributed by atoms with Crippen LogP contribution in [0.4, 0.5) is 0 Å². The van der Waals surface area contributed by atoms with E-state index in [0.717, 1.165) is 150 Å². The molecule has 106 heavy (non-hydrogen) atoms. The lowest BCUT2D eigenvalue weighted by atomic mass is 9.43. The second-order valence-electron chi connectivity index (χ2n) is 29.9. The maximum absolute atomic E-state index is 6.75. The van der Waals surface area contributed by atoms with Crippen molar-refractivity contribution in [1.29, 1.82) is 0 Å². The van der Waals surface area contributed by atoms with Crippen LogP contribution < -0.4 is 18.9 Å². The van der Waals surface area contributed by atoms with Crippen molar-refractivity contribution in [2.75, 3.05) is 13.2 Å². The molecule has 2 atom stereocenters. The van der Waals surface area contributed by atoms with E-state index in [2.05, 4.69) is 292 Å². The summed E-state index contributed by atoms with van der Waals surface area (Å²) >= 11 is 0. The van der Waals surface area contributed by atoms with Crippen LogP contribution in [0.25, 0.3) is 109 Å². The number of ether oxygens (including phenoxy) is 4. The van der Waals surface area contributed by atoms with Crippen molar-refractivity contribution in [2.24, 2.45) is 17.3 Å². The Bertz CT molecular complexity index is 5880. The molecule has 4 heteroatoms. The zero-order valence-electron chi connectivity index (χ0n) is 60.9. The van der Waals surface area contributed by atoms with Gasteiger partial charge in [0, 0.05) is 35.5 Å². The van der Waals surface area contributed by atoms with Crippen LogP contribution in [0.15, 0.2) is 200 Å². The molecule has 0 heterocycles. The molecule has 4 aliphatic carbocycles. The van der Waals surface area contributed by atoms with Crippen molar-refractivity contribution in [1.82, 2.24) is 0 Å². The molecule has 4 bridgehead atoms. The standard InChI is InChI=1S/C102H84O4/c1-6-9-12-15-19-26-55-103-86-47-51-89-94(64-86)98(78-43-45-84(46-44-78)102-69-74-59-75(70-102)68-101(5,67-74)71-102)90-52-48-85(63-93(90)97(89)77-36-33-72(4)34-37-77)106-58-29-22-18-23-30-73-35-38-81-62-83(42-40-80(81)60-73)100-92-54-50-87(104-56-27-20-16-13-10-7-2)65-95(92)99(82-41-39-76-31-24-25-32-79(76)61-82)91-53-49-88(66-96(91)100)105-57-28-21-17-14-11-8-3/h1-2,24-25,31-54,60-66,74-75H,8,11,14,17-18,21-23,28-30,57-59,67-71H2,3-5H3. The summed E-state index contributed by atoms with van der Waals surface area (Å²) in [5.41, 5.74) is 13.9. The maximum atomic E-state index is 6.75. The topological polar surface area (TPSA) is 36.9 Å². The van der Waals surface area contributed by atoms with E-state index in [4.69, 9.17) is 31.8 Å². The van der Waals surface area contributed by atoms with Crippen molar-refractivity contribution in [3.05, 3.63) is 217 Å². The minimum atomic E-state index is 0.265. The number of hydrogen-bond donors (Lipinski definition) is 0. The highest BCUT2D eigenvalue weighted by Gasteiger charge is 2.56. The molecule has 4 nitrogen and oxygen atoms in total. The van der Waals surface area contributed by atoms with Crippen LogP contribution in [0.1, 0.15) is 133 Å². The van der Waals surface area contributed by atoms with E-state index in [-0.39, 0.29) is 5.41 Å². The molecular weight excluding hydrogens is 1290 g/mol. The lowest BCUT2D eigenvalue weighted by molar-refractivity contribution is -0.0615. The van der Waals surface area contributed by atoms with Gasteiger partial charge in [0.15, 0.2) is 0 Å². The predicted octanol–water partition coefficient (Wildman–Crippen LogP) is 24.3. The lowest BCUT2D eigenvalue weighted by Gasteiger charge is -2.61. The van der Waals surface area contributed by atoms with Gasteiger partial charge in [0.1, 0.15) is 35.2 Å². The van der Waals surface area contributed by atoms with Gasteiger partial charge < -0.3 is 18.9 Å². The van der Waals surface area contributed by atoms with Crippen molar-refractivity contribution < 1.29 is 18.9 Å². The molecule has 0 saturated heterocycles. The second kappa shape index (κ2) is 31.9. The van der Waals surface area contributed by atoms with Gasteiger partial charge in [-0.2, -0.15) is 0 Å². The molecule has 0 aliphatic heterocycles. The molecule has 0 aromatic heterocycles. The van der Waals surface area contributed by atoms with Crippen molar-refractivity contribution in [2.45, 2.75) is 135 Å². The first-order chi connectivity index (χ1) is 52.1. The van der Waals surface area contributed by atoms with E-state index in [1.807, 2.05) is 12.1 Å². The molecule has 4 saturated carbocycles. The number of benzene rings is 12. The first-order valence-electron chi connectivity index (χ1n) is 37.9. The number of fused-ring (bicyclic) bond motifs is 6. The Kier molecular flexibility index (Phi) is 20.9. The van der Waals surface area contributed by atoms with E-state index in [0.29, 0.717) is 30.1 Å². The Balaban J connectivity index is 0.678. The van der Waals surface area contributed by atoms with Crippen molar-refractivity contribution in [3.8, 4) is 164 Å². The molecule has 4 fully saturated rings. The second-order valence-corrected chi connectivity index (χ2v) is 29.9. The Hall–Kier alpha value is -12.1. The van der Waals surface area contributed by atoms with E-state index >= 15 is 0 Å². The van der Waals surface area contributed by atoms with Gasteiger partial charge in [0.25, 0.3) is 0 Å². The smallest absolute Gasteiger partial charge is 0.140 e. The fourth-order valence-electron chi connectivity index (χ4n) is 18.2. The van der Waals surface area contributed by atoms with Gasteiger partial charge in [-0.15, -0.1) is 12.8 Å². The molecular formula is C102H84O4. The van der Waals surface area contributed by atoms with E-state index in [1.54, 1.807) is 0 Å². The lowest BCUT2D eigenvalue weighted by Crippen LogP contribution is -2.52. The summed E-state index contributed by atoms with van der Waals surface area (Å²) in [5, 5.41) is 13.7. The summed E-state index contributed by atoms with van der Waals surface area (Å²) in [6, 6.07) is 73.8. The van der Waals surface area contributed by atoms with Crippen LogP contribution in [-0.4, -0.2) is 13.2 Å². The number of aryl methyl sites for hydroxylation is 2. The molecule has 2 unspecified atom stereocenters. The minimum Gasteiger partial charge on any atom is -0.494 e. The molecule has 0 radical (unpaired) electrons. The molecule has 12 aromatic carbocycles. The Morgan fingerprint density at radius 2 is 0.802 bits per heavy atom. The summed E-state index contributed by atoms with van der Waals surface area (Å²) in [7, 11) is 0. The van der Waals surface area contributed by atoms with Crippen LogP contribution in [0.2, 0.25) is 0 Å². The zero-order valence-corrected chi connectivity index (χ0v) is 60.9. The van der Waals surface area contributed by atoms with E-state index in [1.165, 1.54) is 108 Å². The van der Waals surface area contributed by atoms with Crippen LogP contribution in [0, 0.1) is 120 Å². The Morgan fingerprint density at radius 1 is 0.377 bits per heavy atom. The van der Waals surface area contributed by atoms with Gasteiger partial charge in [-0.05, 0) is 322 Å². The normalized spacial score (nSPS) is 16.5. The highest BCUT2D eigenvalue weighted by molar-refractivity contribution is 6.24. The molecule has 4 aliphatic rings. The third-order valence-electron chi connectivity index (χ3n) is 22.3. The van der Waals surface area contributed by atoms with Crippen LogP contribution >= 0.6 is 0 Å². The highest BCUT2D eigenvalue weighted by atomic mass is 16.5. The minimum absolute atomic E-state index is 0.265. The highest BCUT2D eigenvalue weighted by Crippen LogP contribution is 2.66. The van der Waals surface area contributed by atoms with Crippen molar-refractivity contribution in [3.63, 3.8) is 0 Å². The summed E-state index contributed by atoms with van der Waals surface area (Å²) in [6.07, 6.45) is 36.7. The quantitative estimate of drug-likeness (QED) is 0.0363. The number of terminal acetylenes is 2. The average Bonchev–Trinajstić information content (AvgIpc) is 0.726. The number of rotatable bonds is 23. The number of unbranched alkanes of at least 4 members (excludes halogenated alkanes) is 8. The van der Waals surface area contributed by atoms with Gasteiger partial charge in [-0.3, -0.25) is 0 Å². The monoisotopic (exact) mass is 1370 g/mol. The fraction of sp³-hybridized carbons (Fsp3) is 0.255. The molecule has 0 amide bonds. The van der Waals surface area contributed by atoms with Gasteiger partial charge in [-0.25, -0.2) is 0 Å². The average molecular weight is 1370 g/mol. The van der Waals surface area contributed by atoms with Crippen molar-refractivity contribution >= 4 is 64.6 Å². The Morgan fingerprint density at radius 3 is 1.34 bits per heavy atom. The van der Waals surface area contributed by atoms with Gasteiger partial charge in [0.05, 0.1) is 13.2 Å². The van der Waals surface area contributed by atoms with E-state index in [9.17, 15) is 0 Å². The first-order valence-corrected chi connectivity index (χ1v) is 37.9. The summed E-state index contributed by atoms with van der Waals surface area (Å²) < 4.78 is 25.5. The van der Waals surface area contributed by atoms with E-state index < -0.39 is 0 Å². The Labute approximate surface area is 626 Å². The maximum Gasteiger partial charge on any atom is 0.140 e. The van der Waals surface area contributed by atoms with Crippen LogP contribution in [0.3, 0.4) is 0 Å². The third kappa shape index (κ3) is 15.3. The molecule has 16 rings (SSSR count). The molecule has 516 valence electrons. The molecule has 12 aromatic rings. The number of hydrogen-bond acceptors (Lipinski definition) is 4. The van der Waals surface area contributed by atoms with Gasteiger partial charge in [-0.1, -0.05) is 192 Å². The summed E-state index contributed by atoms with van der Waals surface area (Å²) in [6.45, 7) is 8.28. The largest absolute Gasteiger partial charge is 0.494 e. The molecule has 0 spiro atoms. The fourth-order valence-corrected chi connectivity index (χ4v) is 18.2. The zero-order chi connectivity index (χ0) is 72.2. The SMILES string of the molecule is C#CC#CC#CC#COc1ccc2c(-c3ccc4cc(CCCCCCOc5ccc6c(-c7ccc(C89CC%10CC(CC(C)(C%10)C8)C9)cc7)c7cc(OC#CC#CC#CC#C)ccc7c(-c7ccc(C)cc7)c6c5)ccc4c3)c3cc(OCCCCCCCC)ccc3c(-c3ccc4ccccc4c3)c2c1. The summed E-state index contributed by atoms with van der Waals surface area (Å²) in [4.78, 5) is 0. The van der Waals surface area contributed by atoms with Gasteiger partial charge >= 0.3 is 0 Å². The third-order valence-corrected chi connectivity index (χ3v) is 22.3. The van der Waals surface area contributed by atoms with Crippen LogP contribution in [0.5, 0.6) is 23.0 Å². The van der Waals surface area contributed by atoms with Gasteiger partial charge in [0.2, 0.25) is 0 Å². The first kappa shape index (κ1) is 69.6.